The van der Waals surface area contributed by atoms with Crippen molar-refractivity contribution < 1.29 is 9.90 Å². The summed E-state index contributed by atoms with van der Waals surface area (Å²) in [5, 5.41) is 11.8. The Morgan fingerprint density at radius 2 is 2.23 bits per heavy atom. The molecule has 0 aliphatic carbocycles. The van der Waals surface area contributed by atoms with Crippen LogP contribution in [0.5, 0.6) is 0 Å². The van der Waals surface area contributed by atoms with Gasteiger partial charge in [0.05, 0.1) is 0 Å². The van der Waals surface area contributed by atoms with Gasteiger partial charge in [-0.15, -0.1) is 6.58 Å². The number of carboxylic acids is 1. The molecule has 2 N–H and O–H groups in total. The first-order valence-electron chi connectivity index (χ1n) is 4.68. The molecule has 0 heterocycles. The normalized spacial score (nSPS) is 12.5. The lowest BCUT2D eigenvalue weighted by Crippen LogP contribution is -2.37. The molecule has 0 saturated carbocycles. The fourth-order valence-corrected chi connectivity index (χ4v) is 1.06. The highest BCUT2D eigenvalue weighted by atomic mass is 16.4. The lowest BCUT2D eigenvalue weighted by molar-refractivity contribution is -0.139. The molecule has 0 aromatic heterocycles. The van der Waals surface area contributed by atoms with Crippen LogP contribution < -0.4 is 5.32 Å². The summed E-state index contributed by atoms with van der Waals surface area (Å²) in [6.07, 6.45) is 2.41. The minimum atomic E-state index is -0.761. The maximum Gasteiger partial charge on any atom is 0.320 e. The maximum absolute atomic E-state index is 10.7. The van der Waals surface area contributed by atoms with Gasteiger partial charge in [-0.3, -0.25) is 4.79 Å². The van der Waals surface area contributed by atoms with E-state index in [2.05, 4.69) is 11.9 Å². The zero-order valence-electron chi connectivity index (χ0n) is 8.47. The Bertz CT molecular complexity index is 178. The first kappa shape index (κ1) is 12.2. The molecule has 76 valence electrons. The standard InChI is InChI=1S/C10H19NO2/c1-4-5-9(10(12)13)11-7-6-8(2)3/h9,11H,2,4-7H2,1,3H3,(H,12,13). The van der Waals surface area contributed by atoms with Crippen LogP contribution in [0.3, 0.4) is 0 Å². The lowest BCUT2D eigenvalue weighted by Gasteiger charge is -2.12. The molecule has 0 fully saturated rings. The SMILES string of the molecule is C=C(C)CCNC(CCC)C(=O)O. The zero-order valence-corrected chi connectivity index (χ0v) is 8.47. The largest absolute Gasteiger partial charge is 0.480 e. The fraction of sp³-hybridized carbons (Fsp3) is 0.700. The monoisotopic (exact) mass is 185 g/mol. The van der Waals surface area contributed by atoms with E-state index in [1.54, 1.807) is 0 Å². The van der Waals surface area contributed by atoms with Gasteiger partial charge in [0.25, 0.3) is 0 Å². The van der Waals surface area contributed by atoms with Gasteiger partial charge in [-0.2, -0.15) is 0 Å². The predicted molar refractivity (Wildman–Crippen MR) is 53.8 cm³/mol. The molecule has 0 bridgehead atoms. The van der Waals surface area contributed by atoms with E-state index in [0.29, 0.717) is 13.0 Å². The van der Waals surface area contributed by atoms with Crippen molar-refractivity contribution >= 4 is 5.97 Å². The Kier molecular flexibility index (Phi) is 6.24. The van der Waals surface area contributed by atoms with E-state index in [4.69, 9.17) is 5.11 Å². The highest BCUT2D eigenvalue weighted by Crippen LogP contribution is 1.98. The average molecular weight is 185 g/mol. The Hall–Kier alpha value is -0.830. The Labute approximate surface area is 79.8 Å². The molecule has 0 saturated heterocycles. The third kappa shape index (κ3) is 6.34. The van der Waals surface area contributed by atoms with Crippen LogP contribution in [0, 0.1) is 0 Å². The van der Waals surface area contributed by atoms with E-state index in [1.807, 2.05) is 13.8 Å². The fourth-order valence-electron chi connectivity index (χ4n) is 1.06. The van der Waals surface area contributed by atoms with Crippen molar-refractivity contribution in [2.75, 3.05) is 6.54 Å². The van der Waals surface area contributed by atoms with Crippen LogP contribution in [0.2, 0.25) is 0 Å². The van der Waals surface area contributed by atoms with Gasteiger partial charge in [0, 0.05) is 0 Å². The smallest absolute Gasteiger partial charge is 0.320 e. The zero-order chi connectivity index (χ0) is 10.3. The van der Waals surface area contributed by atoms with Gasteiger partial charge in [0.1, 0.15) is 6.04 Å². The van der Waals surface area contributed by atoms with Crippen molar-refractivity contribution in [2.45, 2.75) is 39.2 Å². The van der Waals surface area contributed by atoms with Crippen LogP contribution in [-0.2, 0) is 4.79 Å². The van der Waals surface area contributed by atoms with E-state index >= 15 is 0 Å². The summed E-state index contributed by atoms with van der Waals surface area (Å²) >= 11 is 0. The summed E-state index contributed by atoms with van der Waals surface area (Å²) in [7, 11) is 0. The molecule has 0 radical (unpaired) electrons. The van der Waals surface area contributed by atoms with Crippen LogP contribution in [0.25, 0.3) is 0 Å². The second kappa shape index (κ2) is 6.66. The van der Waals surface area contributed by atoms with Crippen molar-refractivity contribution in [3.63, 3.8) is 0 Å². The Morgan fingerprint density at radius 1 is 1.62 bits per heavy atom. The van der Waals surface area contributed by atoms with E-state index in [9.17, 15) is 4.79 Å². The third-order valence-electron chi connectivity index (χ3n) is 1.82. The summed E-state index contributed by atoms with van der Waals surface area (Å²) in [6, 6.07) is -0.399. The van der Waals surface area contributed by atoms with Gasteiger partial charge >= 0.3 is 5.97 Å². The van der Waals surface area contributed by atoms with E-state index < -0.39 is 12.0 Å². The second-order valence-electron chi connectivity index (χ2n) is 3.34. The van der Waals surface area contributed by atoms with Crippen molar-refractivity contribution in [1.29, 1.82) is 0 Å². The molecular formula is C10H19NO2. The topological polar surface area (TPSA) is 49.3 Å². The number of carboxylic acid groups (broad SMARTS) is 1. The van der Waals surface area contributed by atoms with E-state index in [0.717, 1.165) is 18.4 Å². The summed E-state index contributed by atoms with van der Waals surface area (Å²) < 4.78 is 0. The molecule has 0 aliphatic heterocycles. The Morgan fingerprint density at radius 3 is 2.62 bits per heavy atom. The maximum atomic E-state index is 10.7. The predicted octanol–water partition coefficient (Wildman–Crippen LogP) is 1.80. The van der Waals surface area contributed by atoms with Crippen molar-refractivity contribution in [1.82, 2.24) is 5.32 Å². The molecule has 0 amide bonds. The molecule has 3 nitrogen and oxygen atoms in total. The second-order valence-corrected chi connectivity index (χ2v) is 3.34. The molecule has 0 spiro atoms. The summed E-state index contributed by atoms with van der Waals surface area (Å²) in [5.41, 5.74) is 1.08. The third-order valence-corrected chi connectivity index (χ3v) is 1.82. The Balaban J connectivity index is 3.69. The molecule has 13 heavy (non-hydrogen) atoms. The number of hydrogen-bond acceptors (Lipinski definition) is 2. The average Bonchev–Trinajstić information content (AvgIpc) is 2.02. The van der Waals surface area contributed by atoms with Crippen molar-refractivity contribution in [3.05, 3.63) is 12.2 Å². The molecule has 0 rings (SSSR count). The molecule has 0 aromatic carbocycles. The molecular weight excluding hydrogens is 166 g/mol. The minimum Gasteiger partial charge on any atom is -0.480 e. The summed E-state index contributed by atoms with van der Waals surface area (Å²) in [4.78, 5) is 10.7. The summed E-state index contributed by atoms with van der Waals surface area (Å²) in [6.45, 7) is 8.38. The van der Waals surface area contributed by atoms with Crippen LogP contribution in [0.15, 0.2) is 12.2 Å². The first-order chi connectivity index (χ1) is 6.07. The minimum absolute atomic E-state index is 0.399. The molecule has 1 unspecified atom stereocenters. The van der Waals surface area contributed by atoms with Gasteiger partial charge in [-0.25, -0.2) is 0 Å². The van der Waals surface area contributed by atoms with E-state index in [1.165, 1.54) is 0 Å². The number of rotatable bonds is 7. The van der Waals surface area contributed by atoms with Crippen molar-refractivity contribution in [2.24, 2.45) is 0 Å². The quantitative estimate of drug-likeness (QED) is 0.594. The van der Waals surface area contributed by atoms with Crippen LogP contribution in [0.1, 0.15) is 33.1 Å². The van der Waals surface area contributed by atoms with Gasteiger partial charge in [0.2, 0.25) is 0 Å². The molecule has 1 atom stereocenters. The van der Waals surface area contributed by atoms with Gasteiger partial charge in [-0.1, -0.05) is 18.9 Å². The highest BCUT2D eigenvalue weighted by molar-refractivity contribution is 5.73. The highest BCUT2D eigenvalue weighted by Gasteiger charge is 2.14. The van der Waals surface area contributed by atoms with Gasteiger partial charge < -0.3 is 10.4 Å². The number of carbonyl (C=O) groups is 1. The molecule has 0 aliphatic rings. The molecule has 0 aromatic rings. The summed E-state index contributed by atoms with van der Waals surface area (Å²) in [5.74, 6) is -0.761. The first-order valence-corrected chi connectivity index (χ1v) is 4.68. The number of nitrogens with one attached hydrogen (secondary N) is 1. The number of hydrogen-bond donors (Lipinski definition) is 2. The van der Waals surface area contributed by atoms with Gasteiger partial charge in [-0.05, 0) is 26.3 Å². The van der Waals surface area contributed by atoms with Crippen LogP contribution >= 0.6 is 0 Å². The lowest BCUT2D eigenvalue weighted by atomic mass is 10.1. The van der Waals surface area contributed by atoms with Crippen molar-refractivity contribution in [3.8, 4) is 0 Å². The number of aliphatic carboxylic acids is 1. The van der Waals surface area contributed by atoms with E-state index in [-0.39, 0.29) is 0 Å². The van der Waals surface area contributed by atoms with Crippen LogP contribution in [0.4, 0.5) is 0 Å². The van der Waals surface area contributed by atoms with Crippen LogP contribution in [-0.4, -0.2) is 23.7 Å². The molecule has 3 heteroatoms. The van der Waals surface area contributed by atoms with Gasteiger partial charge in [0.15, 0.2) is 0 Å².